The lowest BCUT2D eigenvalue weighted by atomic mass is 9.79. The third-order valence-corrected chi connectivity index (χ3v) is 3.64. The molecule has 0 fully saturated rings. The van der Waals surface area contributed by atoms with E-state index in [4.69, 9.17) is 0 Å². The Kier molecular flexibility index (Phi) is 3.00. The van der Waals surface area contributed by atoms with E-state index >= 15 is 0 Å². The third kappa shape index (κ3) is 1.84. The summed E-state index contributed by atoms with van der Waals surface area (Å²) in [5.74, 6) is 1.05. The van der Waals surface area contributed by atoms with Gasteiger partial charge in [0.1, 0.15) is 0 Å². The van der Waals surface area contributed by atoms with Crippen LogP contribution in [0.4, 0.5) is 0 Å². The van der Waals surface area contributed by atoms with Crippen molar-refractivity contribution in [3.05, 3.63) is 59.7 Å². The monoisotopic (exact) mass is 212 g/mol. The fraction of sp³-hybridized carbons (Fsp3) is 0.375. The van der Waals surface area contributed by atoms with Crippen molar-refractivity contribution in [3.63, 3.8) is 0 Å². The summed E-state index contributed by atoms with van der Waals surface area (Å²) in [5, 5.41) is 0. The van der Waals surface area contributed by atoms with E-state index in [1.54, 1.807) is 0 Å². The number of fused-ring (bicyclic) bond motifs is 1. The summed E-state index contributed by atoms with van der Waals surface area (Å²) >= 11 is 0. The molecule has 0 spiro atoms. The smallest absolute Gasteiger partial charge is 0.00650 e. The highest BCUT2D eigenvalue weighted by Gasteiger charge is 2.30. The zero-order valence-corrected chi connectivity index (χ0v) is 10.3. The summed E-state index contributed by atoms with van der Waals surface area (Å²) in [6, 6.07) is 8.80. The predicted octanol–water partition coefficient (Wildman–Crippen LogP) is 4.48. The molecule has 2 rings (SSSR count). The molecule has 0 N–H and O–H groups in total. The highest BCUT2D eigenvalue weighted by molar-refractivity contribution is 5.38. The first-order chi connectivity index (χ1) is 7.61. The van der Waals surface area contributed by atoms with E-state index in [-0.39, 0.29) is 0 Å². The van der Waals surface area contributed by atoms with E-state index in [1.807, 2.05) is 0 Å². The van der Waals surface area contributed by atoms with Crippen molar-refractivity contribution < 1.29 is 0 Å². The first kappa shape index (κ1) is 11.2. The first-order valence-corrected chi connectivity index (χ1v) is 6.00. The molecule has 0 heteroatoms. The number of benzene rings is 1. The van der Waals surface area contributed by atoms with E-state index in [9.17, 15) is 0 Å². The molecule has 0 saturated carbocycles. The van der Waals surface area contributed by atoms with Gasteiger partial charge in [-0.2, -0.15) is 0 Å². The highest BCUT2D eigenvalue weighted by atomic mass is 14.3. The van der Waals surface area contributed by atoms with Gasteiger partial charge in [-0.25, -0.2) is 0 Å². The molecule has 1 aromatic carbocycles. The number of hydrogen-bond donors (Lipinski definition) is 0. The van der Waals surface area contributed by atoms with E-state index in [0.29, 0.717) is 11.8 Å². The maximum absolute atomic E-state index is 4.13. The molecule has 1 aromatic rings. The summed E-state index contributed by atoms with van der Waals surface area (Å²) in [7, 11) is 0. The minimum absolute atomic E-state index is 0.448. The molecule has 0 saturated heterocycles. The predicted molar refractivity (Wildman–Crippen MR) is 70.6 cm³/mol. The Hall–Kier alpha value is -1.30. The van der Waals surface area contributed by atoms with Gasteiger partial charge in [0.25, 0.3) is 0 Å². The van der Waals surface area contributed by atoms with E-state index in [0.717, 1.165) is 0 Å². The van der Waals surface area contributed by atoms with Crippen LogP contribution in [0, 0.1) is 5.92 Å². The van der Waals surface area contributed by atoms with Crippen molar-refractivity contribution in [2.24, 2.45) is 5.92 Å². The van der Waals surface area contributed by atoms with Gasteiger partial charge >= 0.3 is 0 Å². The molecule has 16 heavy (non-hydrogen) atoms. The third-order valence-electron chi connectivity index (χ3n) is 3.64. The molecule has 0 aromatic heterocycles. The maximum atomic E-state index is 4.13. The molecule has 1 aliphatic carbocycles. The second-order valence-electron chi connectivity index (χ2n) is 5.01. The van der Waals surface area contributed by atoms with Crippen LogP contribution in [0.25, 0.3) is 0 Å². The van der Waals surface area contributed by atoms with Gasteiger partial charge in [-0.1, -0.05) is 48.6 Å². The number of aryl methyl sites for hydroxylation is 1. The molecule has 0 radical (unpaired) electrons. The van der Waals surface area contributed by atoms with Crippen LogP contribution in [0.1, 0.15) is 37.3 Å². The number of rotatable bonds is 3. The zero-order valence-electron chi connectivity index (χ0n) is 10.3. The van der Waals surface area contributed by atoms with Crippen LogP contribution in [0.3, 0.4) is 0 Å². The van der Waals surface area contributed by atoms with Gasteiger partial charge in [-0.05, 0) is 43.7 Å². The molecular formula is C16H20. The maximum Gasteiger partial charge on any atom is 0.00650 e. The second kappa shape index (κ2) is 4.29. The van der Waals surface area contributed by atoms with Crippen molar-refractivity contribution in [1.29, 1.82) is 0 Å². The van der Waals surface area contributed by atoms with Crippen molar-refractivity contribution in [3.8, 4) is 0 Å². The minimum atomic E-state index is 0.448. The Morgan fingerprint density at radius 1 is 1.19 bits per heavy atom. The van der Waals surface area contributed by atoms with Gasteiger partial charge in [0.05, 0.1) is 0 Å². The summed E-state index contributed by atoms with van der Waals surface area (Å²) in [5.41, 5.74) is 5.52. The van der Waals surface area contributed by atoms with Gasteiger partial charge in [0, 0.05) is 5.92 Å². The molecule has 0 amide bonds. The summed E-state index contributed by atoms with van der Waals surface area (Å²) in [4.78, 5) is 0. The molecule has 1 aliphatic rings. The zero-order chi connectivity index (χ0) is 11.7. The van der Waals surface area contributed by atoms with Gasteiger partial charge in [0.2, 0.25) is 0 Å². The van der Waals surface area contributed by atoms with Crippen molar-refractivity contribution in [1.82, 2.24) is 0 Å². The fourth-order valence-corrected chi connectivity index (χ4v) is 3.04. The SMILES string of the molecule is C=C(C)C(C(=C)C)C1CCc2ccccc21. The molecule has 84 valence electrons. The Balaban J connectivity index is 2.36. The number of allylic oxidation sites excluding steroid dienone is 2. The van der Waals surface area contributed by atoms with Crippen LogP contribution in [0.2, 0.25) is 0 Å². The Bertz CT molecular complexity index is 411. The lowest BCUT2D eigenvalue weighted by molar-refractivity contribution is 0.542. The van der Waals surface area contributed by atoms with Crippen LogP contribution >= 0.6 is 0 Å². The van der Waals surface area contributed by atoms with Crippen LogP contribution in [-0.4, -0.2) is 0 Å². The Morgan fingerprint density at radius 2 is 1.81 bits per heavy atom. The van der Waals surface area contributed by atoms with Crippen molar-refractivity contribution >= 4 is 0 Å². The second-order valence-corrected chi connectivity index (χ2v) is 5.01. The Morgan fingerprint density at radius 3 is 2.44 bits per heavy atom. The minimum Gasteiger partial charge on any atom is -0.0995 e. The van der Waals surface area contributed by atoms with Gasteiger partial charge in [-0.15, -0.1) is 0 Å². The fourth-order valence-electron chi connectivity index (χ4n) is 3.04. The van der Waals surface area contributed by atoms with Crippen LogP contribution in [0.15, 0.2) is 48.6 Å². The average molecular weight is 212 g/mol. The molecule has 1 atom stereocenters. The lowest BCUT2D eigenvalue weighted by Gasteiger charge is -2.25. The molecule has 0 bridgehead atoms. The van der Waals surface area contributed by atoms with Crippen LogP contribution in [-0.2, 0) is 6.42 Å². The van der Waals surface area contributed by atoms with Crippen LogP contribution < -0.4 is 0 Å². The quantitative estimate of drug-likeness (QED) is 0.648. The molecular weight excluding hydrogens is 192 g/mol. The topological polar surface area (TPSA) is 0 Å². The largest absolute Gasteiger partial charge is 0.0995 e. The normalized spacial score (nSPS) is 18.6. The van der Waals surface area contributed by atoms with Gasteiger partial charge in [-0.3, -0.25) is 0 Å². The van der Waals surface area contributed by atoms with Gasteiger partial charge < -0.3 is 0 Å². The van der Waals surface area contributed by atoms with E-state index in [1.165, 1.54) is 35.1 Å². The molecule has 0 nitrogen and oxygen atoms in total. The first-order valence-electron chi connectivity index (χ1n) is 6.00. The summed E-state index contributed by atoms with van der Waals surface area (Å²) < 4.78 is 0. The van der Waals surface area contributed by atoms with E-state index in [2.05, 4.69) is 51.3 Å². The standard InChI is InChI=1S/C16H20/c1-11(2)16(12(3)4)15-10-9-13-7-5-6-8-14(13)15/h5-8,15-16H,1,3,9-10H2,2,4H3. The van der Waals surface area contributed by atoms with E-state index < -0.39 is 0 Å². The summed E-state index contributed by atoms with van der Waals surface area (Å²) in [6.45, 7) is 12.5. The van der Waals surface area contributed by atoms with Crippen molar-refractivity contribution in [2.75, 3.05) is 0 Å². The van der Waals surface area contributed by atoms with Gasteiger partial charge in [0.15, 0.2) is 0 Å². The lowest BCUT2D eigenvalue weighted by Crippen LogP contribution is -2.12. The van der Waals surface area contributed by atoms with Crippen molar-refractivity contribution in [2.45, 2.75) is 32.6 Å². The highest BCUT2D eigenvalue weighted by Crippen LogP contribution is 2.43. The molecule has 0 heterocycles. The molecule has 1 unspecified atom stereocenters. The average Bonchev–Trinajstić information content (AvgIpc) is 2.61. The summed E-state index contributed by atoms with van der Waals surface area (Å²) in [6.07, 6.45) is 2.45. The number of hydrogen-bond acceptors (Lipinski definition) is 0. The van der Waals surface area contributed by atoms with Crippen LogP contribution in [0.5, 0.6) is 0 Å². The Labute approximate surface area is 98.7 Å². The molecule has 0 aliphatic heterocycles.